The third kappa shape index (κ3) is 5.60. The second-order valence-corrected chi connectivity index (χ2v) is 8.36. The first-order valence-electron chi connectivity index (χ1n) is 8.80. The molecule has 0 unspecified atom stereocenters. The number of nitro benzene ring substituents is 1. The van der Waals surface area contributed by atoms with Gasteiger partial charge in [-0.15, -0.1) is 0 Å². The van der Waals surface area contributed by atoms with E-state index in [-0.39, 0.29) is 11.4 Å². The van der Waals surface area contributed by atoms with Crippen LogP contribution in [0.4, 0.5) is 11.4 Å². The average Bonchev–Trinajstić information content (AvgIpc) is 2.70. The summed E-state index contributed by atoms with van der Waals surface area (Å²) in [7, 11) is -0.858. The van der Waals surface area contributed by atoms with Crippen LogP contribution < -0.4 is 19.1 Å². The van der Waals surface area contributed by atoms with Gasteiger partial charge < -0.3 is 14.8 Å². The van der Waals surface area contributed by atoms with Crippen LogP contribution in [0.15, 0.2) is 42.5 Å². The maximum Gasteiger partial charge on any atom is 0.271 e. The topological polar surface area (TPSA) is 128 Å². The number of hydrogen-bond acceptors (Lipinski definition) is 7. The Labute approximate surface area is 174 Å². The lowest BCUT2D eigenvalue weighted by molar-refractivity contribution is -0.384. The first-order chi connectivity index (χ1) is 14.1. The number of non-ortho nitro benzene ring substituents is 1. The smallest absolute Gasteiger partial charge is 0.271 e. The Morgan fingerprint density at radius 1 is 1.17 bits per heavy atom. The Balaban J connectivity index is 2.21. The van der Waals surface area contributed by atoms with Gasteiger partial charge in [0.1, 0.15) is 6.54 Å². The van der Waals surface area contributed by atoms with E-state index in [0.717, 1.165) is 22.2 Å². The van der Waals surface area contributed by atoms with Gasteiger partial charge in [0, 0.05) is 12.1 Å². The molecule has 11 heteroatoms. The van der Waals surface area contributed by atoms with Crippen LogP contribution in [-0.2, 0) is 14.8 Å². The van der Waals surface area contributed by atoms with E-state index < -0.39 is 33.4 Å². The van der Waals surface area contributed by atoms with Crippen LogP contribution in [0, 0.1) is 10.1 Å². The lowest BCUT2D eigenvalue weighted by Gasteiger charge is -2.23. The molecule has 0 heterocycles. The maximum atomic E-state index is 12.5. The van der Waals surface area contributed by atoms with Crippen LogP contribution in [0.25, 0.3) is 0 Å². The number of carbonyl (C=O) groups excluding carboxylic acids is 1. The van der Waals surface area contributed by atoms with Crippen LogP contribution in [0.1, 0.15) is 18.5 Å². The van der Waals surface area contributed by atoms with Gasteiger partial charge in [-0.1, -0.05) is 12.1 Å². The molecule has 2 aromatic rings. The zero-order valence-corrected chi connectivity index (χ0v) is 17.8. The quantitative estimate of drug-likeness (QED) is 0.471. The number of nitro groups is 1. The van der Waals surface area contributed by atoms with Crippen LogP contribution in [0.5, 0.6) is 11.5 Å². The van der Waals surface area contributed by atoms with Crippen molar-refractivity contribution in [3.63, 3.8) is 0 Å². The second kappa shape index (κ2) is 9.44. The first-order valence-corrected chi connectivity index (χ1v) is 10.6. The molecule has 10 nitrogen and oxygen atoms in total. The van der Waals surface area contributed by atoms with Crippen molar-refractivity contribution in [2.75, 3.05) is 31.3 Å². The molecule has 162 valence electrons. The zero-order valence-electron chi connectivity index (χ0n) is 17.0. The third-order valence-corrected chi connectivity index (χ3v) is 5.44. The molecule has 0 spiro atoms. The van der Waals surface area contributed by atoms with Crippen molar-refractivity contribution in [3.05, 3.63) is 58.1 Å². The third-order valence-electron chi connectivity index (χ3n) is 4.30. The molecular weight excluding hydrogens is 414 g/mol. The zero-order chi connectivity index (χ0) is 22.5. The van der Waals surface area contributed by atoms with Crippen molar-refractivity contribution >= 4 is 27.3 Å². The van der Waals surface area contributed by atoms with E-state index in [1.807, 2.05) is 0 Å². The van der Waals surface area contributed by atoms with Gasteiger partial charge in [-0.05, 0) is 30.7 Å². The number of methoxy groups -OCH3 is 2. The van der Waals surface area contributed by atoms with Crippen LogP contribution in [0.3, 0.4) is 0 Å². The number of carbonyl (C=O) groups is 1. The highest BCUT2D eigenvalue weighted by Crippen LogP contribution is 2.30. The number of hydrogen-bond donors (Lipinski definition) is 1. The normalized spacial score (nSPS) is 12.0. The minimum atomic E-state index is -3.86. The molecule has 0 aliphatic rings. The molecule has 1 atom stereocenters. The van der Waals surface area contributed by atoms with Crippen LogP contribution in [0.2, 0.25) is 0 Å². The van der Waals surface area contributed by atoms with Gasteiger partial charge in [-0.2, -0.15) is 0 Å². The van der Waals surface area contributed by atoms with Crippen molar-refractivity contribution in [1.82, 2.24) is 5.32 Å². The highest BCUT2D eigenvalue weighted by molar-refractivity contribution is 7.92. The minimum absolute atomic E-state index is 0.0284. The summed E-state index contributed by atoms with van der Waals surface area (Å²) in [5.74, 6) is 0.452. The van der Waals surface area contributed by atoms with Crippen molar-refractivity contribution in [3.8, 4) is 11.5 Å². The first kappa shape index (κ1) is 22.9. The summed E-state index contributed by atoms with van der Waals surface area (Å²) in [4.78, 5) is 22.9. The van der Waals surface area contributed by atoms with Gasteiger partial charge in [0.2, 0.25) is 15.9 Å². The molecule has 1 amide bonds. The molecule has 0 aliphatic heterocycles. The molecule has 1 N–H and O–H groups in total. The average molecular weight is 437 g/mol. The molecule has 0 bridgehead atoms. The summed E-state index contributed by atoms with van der Waals surface area (Å²) < 4.78 is 35.7. The fourth-order valence-corrected chi connectivity index (χ4v) is 3.63. The Kier molecular flexibility index (Phi) is 7.22. The van der Waals surface area contributed by atoms with E-state index in [9.17, 15) is 23.3 Å². The largest absolute Gasteiger partial charge is 0.493 e. The molecular formula is C19H23N3O7S. The molecule has 0 radical (unpaired) electrons. The van der Waals surface area contributed by atoms with Crippen LogP contribution in [-0.4, -0.2) is 46.3 Å². The SMILES string of the molecule is COc1ccc([C@H](C)NC(=O)CN(c2cccc([N+](=O)[O-])c2)S(C)(=O)=O)cc1OC. The highest BCUT2D eigenvalue weighted by atomic mass is 32.2. The Hall–Kier alpha value is -3.34. The Morgan fingerprint density at radius 2 is 1.83 bits per heavy atom. The maximum absolute atomic E-state index is 12.5. The van der Waals surface area contributed by atoms with E-state index in [2.05, 4.69) is 5.32 Å². The summed E-state index contributed by atoms with van der Waals surface area (Å²) >= 11 is 0. The summed E-state index contributed by atoms with van der Waals surface area (Å²) in [5, 5.41) is 13.7. The standard InChI is InChI=1S/C19H23N3O7S/c1-13(14-8-9-17(28-2)18(10-14)29-3)20-19(23)12-21(30(4,26)27)15-6-5-7-16(11-15)22(24)25/h5-11,13H,12H2,1-4H3,(H,20,23)/t13-/m0/s1. The van der Waals surface area contributed by atoms with Crippen molar-refractivity contribution < 1.29 is 27.6 Å². The predicted molar refractivity (Wildman–Crippen MR) is 111 cm³/mol. The van der Waals surface area contributed by atoms with Gasteiger partial charge in [0.15, 0.2) is 11.5 Å². The summed E-state index contributed by atoms with van der Waals surface area (Å²) in [6, 6.07) is 9.79. The van der Waals surface area contributed by atoms with E-state index in [0.29, 0.717) is 11.5 Å². The predicted octanol–water partition coefficient (Wildman–Crippen LogP) is 2.26. The van der Waals surface area contributed by atoms with E-state index in [1.165, 1.54) is 32.4 Å². The van der Waals surface area contributed by atoms with E-state index >= 15 is 0 Å². The molecule has 30 heavy (non-hydrogen) atoms. The summed E-state index contributed by atoms with van der Waals surface area (Å²) in [6.45, 7) is 1.20. The number of amides is 1. The molecule has 0 fully saturated rings. The second-order valence-electron chi connectivity index (χ2n) is 6.45. The molecule has 2 rings (SSSR count). The lowest BCUT2D eigenvalue weighted by atomic mass is 10.1. The minimum Gasteiger partial charge on any atom is -0.493 e. The molecule has 0 aromatic heterocycles. The molecule has 0 saturated heterocycles. The highest BCUT2D eigenvalue weighted by Gasteiger charge is 2.23. The number of sulfonamides is 1. The van der Waals surface area contributed by atoms with E-state index in [1.54, 1.807) is 25.1 Å². The number of rotatable bonds is 9. The molecule has 2 aromatic carbocycles. The van der Waals surface area contributed by atoms with Gasteiger partial charge >= 0.3 is 0 Å². The summed E-state index contributed by atoms with van der Waals surface area (Å²) in [5.41, 5.74) is 0.475. The summed E-state index contributed by atoms with van der Waals surface area (Å²) in [6.07, 6.45) is 0.927. The number of anilines is 1. The van der Waals surface area contributed by atoms with Gasteiger partial charge in [-0.3, -0.25) is 19.2 Å². The van der Waals surface area contributed by atoms with Gasteiger partial charge in [-0.25, -0.2) is 8.42 Å². The number of benzene rings is 2. The Morgan fingerprint density at radius 3 is 2.40 bits per heavy atom. The molecule has 0 saturated carbocycles. The van der Waals surface area contributed by atoms with Crippen molar-refractivity contribution in [2.45, 2.75) is 13.0 Å². The van der Waals surface area contributed by atoms with Gasteiger partial charge in [0.25, 0.3) is 5.69 Å². The van der Waals surface area contributed by atoms with Crippen molar-refractivity contribution in [2.24, 2.45) is 0 Å². The van der Waals surface area contributed by atoms with Crippen LogP contribution >= 0.6 is 0 Å². The fraction of sp³-hybridized carbons (Fsp3) is 0.316. The number of nitrogens with zero attached hydrogens (tertiary/aromatic N) is 2. The van der Waals surface area contributed by atoms with Gasteiger partial charge in [0.05, 0.1) is 37.1 Å². The number of nitrogens with one attached hydrogen (secondary N) is 1. The molecule has 0 aliphatic carbocycles. The lowest BCUT2D eigenvalue weighted by Crippen LogP contribution is -2.41. The van der Waals surface area contributed by atoms with E-state index in [4.69, 9.17) is 9.47 Å². The monoisotopic (exact) mass is 437 g/mol. The number of ether oxygens (including phenoxy) is 2. The Bertz CT molecular complexity index is 1040. The van der Waals surface area contributed by atoms with Crippen molar-refractivity contribution in [1.29, 1.82) is 0 Å². The fourth-order valence-electron chi connectivity index (χ4n) is 2.78.